The summed E-state index contributed by atoms with van der Waals surface area (Å²) >= 11 is 0. The molecule has 0 aliphatic carbocycles. The smallest absolute Gasteiger partial charge is 0.323 e. The Morgan fingerprint density at radius 2 is 1.67 bits per heavy atom. The second-order valence-electron chi connectivity index (χ2n) is 10.0. The third kappa shape index (κ3) is 6.36. The summed E-state index contributed by atoms with van der Waals surface area (Å²) in [7, 11) is 1.60. The average molecular weight is 565 g/mol. The fourth-order valence-electron chi connectivity index (χ4n) is 5.03. The Balaban J connectivity index is 1.53. The molecule has 42 heavy (non-hydrogen) atoms. The number of ketones is 1. The molecule has 6 nitrogen and oxygen atoms in total. The van der Waals surface area contributed by atoms with Crippen molar-refractivity contribution in [3.05, 3.63) is 126 Å². The lowest BCUT2D eigenvalue weighted by Gasteiger charge is -2.28. The molecule has 1 aliphatic heterocycles. The van der Waals surface area contributed by atoms with E-state index in [1.54, 1.807) is 18.1 Å². The maximum absolute atomic E-state index is 13.6. The summed E-state index contributed by atoms with van der Waals surface area (Å²) in [5.41, 5.74) is 3.95. The fourth-order valence-corrected chi connectivity index (χ4v) is 5.03. The number of hydrogen-bond acceptors (Lipinski definition) is 4. The van der Waals surface area contributed by atoms with Gasteiger partial charge in [-0.1, -0.05) is 61.9 Å². The van der Waals surface area contributed by atoms with Crippen LogP contribution in [0.25, 0.3) is 11.1 Å². The zero-order chi connectivity index (χ0) is 29.5. The van der Waals surface area contributed by atoms with Gasteiger partial charge < -0.3 is 14.8 Å². The second-order valence-corrected chi connectivity index (χ2v) is 10.0. The molecule has 4 aromatic rings. The summed E-state index contributed by atoms with van der Waals surface area (Å²) in [6.07, 6.45) is 4.96. The van der Waals surface area contributed by atoms with Crippen molar-refractivity contribution in [1.82, 2.24) is 5.32 Å². The van der Waals surface area contributed by atoms with Crippen molar-refractivity contribution in [3.8, 4) is 22.6 Å². The Hall–Kier alpha value is -4.91. The van der Waals surface area contributed by atoms with Gasteiger partial charge in [-0.3, -0.25) is 9.69 Å². The molecule has 0 radical (unpaired) electrons. The maximum atomic E-state index is 13.6. The van der Waals surface area contributed by atoms with Crippen LogP contribution in [0.1, 0.15) is 41.7 Å². The summed E-state index contributed by atoms with van der Waals surface area (Å²) in [6, 6.07) is 27.4. The van der Waals surface area contributed by atoms with Gasteiger partial charge in [-0.2, -0.15) is 0 Å². The van der Waals surface area contributed by atoms with Gasteiger partial charge >= 0.3 is 6.03 Å². The number of methoxy groups -OCH3 is 1. The Labute approximate surface area is 245 Å². The minimum absolute atomic E-state index is 0.289. The van der Waals surface area contributed by atoms with Crippen LogP contribution in [0.3, 0.4) is 0 Å². The summed E-state index contributed by atoms with van der Waals surface area (Å²) < 4.78 is 25.1. The SMILES string of the molecule is CCCCOc1cc(OC)ccc1[C@@H]1[C@@H](/C=C/C(=O)c2ccc(F)cc2)NC(=O)N1c1ccc(-c2ccccc2)cc1. The van der Waals surface area contributed by atoms with E-state index in [9.17, 15) is 14.0 Å². The summed E-state index contributed by atoms with van der Waals surface area (Å²) in [4.78, 5) is 28.2. The number of nitrogens with one attached hydrogen (secondary N) is 1. The van der Waals surface area contributed by atoms with Crippen LogP contribution in [0.15, 0.2) is 109 Å². The van der Waals surface area contributed by atoms with Crippen LogP contribution in [0.4, 0.5) is 14.9 Å². The van der Waals surface area contributed by atoms with Gasteiger partial charge in [0.15, 0.2) is 5.78 Å². The van der Waals surface area contributed by atoms with Crippen molar-refractivity contribution in [1.29, 1.82) is 0 Å². The zero-order valence-electron chi connectivity index (χ0n) is 23.6. The number of allylic oxidation sites excluding steroid dienone is 1. The van der Waals surface area contributed by atoms with Crippen LogP contribution in [-0.4, -0.2) is 31.6 Å². The number of benzene rings is 4. The van der Waals surface area contributed by atoms with Crippen molar-refractivity contribution in [3.63, 3.8) is 0 Å². The maximum Gasteiger partial charge on any atom is 0.323 e. The van der Waals surface area contributed by atoms with Gasteiger partial charge in [0.05, 0.1) is 25.8 Å². The molecule has 0 aromatic heterocycles. The number of anilines is 1. The number of unbranched alkanes of at least 4 members (excludes halogenated alkanes) is 1. The van der Waals surface area contributed by atoms with Crippen LogP contribution in [0.5, 0.6) is 11.5 Å². The van der Waals surface area contributed by atoms with Crippen LogP contribution in [0.2, 0.25) is 0 Å². The van der Waals surface area contributed by atoms with E-state index in [4.69, 9.17) is 9.47 Å². The molecule has 2 atom stereocenters. The molecule has 1 heterocycles. The van der Waals surface area contributed by atoms with Gasteiger partial charge in [0, 0.05) is 22.9 Å². The molecule has 7 heteroatoms. The normalized spacial score (nSPS) is 16.5. The fraction of sp³-hybridized carbons (Fsp3) is 0.200. The lowest BCUT2D eigenvalue weighted by Crippen LogP contribution is -2.30. The number of nitrogens with zero attached hydrogens (tertiary/aromatic N) is 1. The van der Waals surface area contributed by atoms with Crippen LogP contribution in [0, 0.1) is 5.82 Å². The van der Waals surface area contributed by atoms with Gasteiger partial charge in [-0.25, -0.2) is 9.18 Å². The van der Waals surface area contributed by atoms with Crippen molar-refractivity contribution >= 4 is 17.5 Å². The number of urea groups is 1. The van der Waals surface area contributed by atoms with E-state index in [-0.39, 0.29) is 11.8 Å². The van der Waals surface area contributed by atoms with Gasteiger partial charge in [0.2, 0.25) is 0 Å². The third-order valence-corrected chi connectivity index (χ3v) is 7.26. The van der Waals surface area contributed by atoms with E-state index in [1.165, 1.54) is 30.3 Å². The topological polar surface area (TPSA) is 67.9 Å². The van der Waals surface area contributed by atoms with Crippen molar-refractivity contribution in [2.24, 2.45) is 0 Å². The average Bonchev–Trinajstić information content (AvgIpc) is 3.36. The Bertz CT molecular complexity index is 1550. The lowest BCUT2D eigenvalue weighted by atomic mass is 9.96. The number of carbonyl (C=O) groups excluding carboxylic acids is 2. The number of halogens is 1. The summed E-state index contributed by atoms with van der Waals surface area (Å²) in [5, 5.41) is 3.04. The number of carbonyl (C=O) groups is 2. The first kappa shape index (κ1) is 28.6. The Morgan fingerprint density at radius 3 is 2.36 bits per heavy atom. The molecule has 1 N–H and O–H groups in total. The predicted molar refractivity (Wildman–Crippen MR) is 163 cm³/mol. The van der Waals surface area contributed by atoms with E-state index in [0.717, 1.165) is 29.5 Å². The predicted octanol–water partition coefficient (Wildman–Crippen LogP) is 7.76. The highest BCUT2D eigenvalue weighted by molar-refractivity contribution is 6.05. The minimum atomic E-state index is -0.558. The highest BCUT2D eigenvalue weighted by Crippen LogP contribution is 2.41. The molecule has 0 spiro atoms. The zero-order valence-corrected chi connectivity index (χ0v) is 23.6. The van der Waals surface area contributed by atoms with E-state index in [1.807, 2.05) is 72.8 Å². The van der Waals surface area contributed by atoms with Crippen LogP contribution >= 0.6 is 0 Å². The first-order valence-corrected chi connectivity index (χ1v) is 14.0. The Morgan fingerprint density at radius 1 is 0.952 bits per heavy atom. The highest BCUT2D eigenvalue weighted by atomic mass is 19.1. The first-order chi connectivity index (χ1) is 20.5. The quantitative estimate of drug-likeness (QED) is 0.115. The molecule has 1 fully saturated rings. The summed E-state index contributed by atoms with van der Waals surface area (Å²) in [6.45, 7) is 2.61. The van der Waals surface area contributed by atoms with Gasteiger partial charge in [-0.05, 0) is 72.2 Å². The molecule has 0 bridgehead atoms. The highest BCUT2D eigenvalue weighted by Gasteiger charge is 2.41. The van der Waals surface area contributed by atoms with Crippen molar-refractivity contribution in [2.75, 3.05) is 18.6 Å². The summed E-state index contributed by atoms with van der Waals surface area (Å²) in [5.74, 6) is 0.545. The third-order valence-electron chi connectivity index (χ3n) is 7.26. The molecule has 4 aromatic carbocycles. The number of rotatable bonds is 11. The van der Waals surface area contributed by atoms with Gasteiger partial charge in [-0.15, -0.1) is 0 Å². The molecule has 1 saturated heterocycles. The lowest BCUT2D eigenvalue weighted by molar-refractivity contribution is 0.104. The van der Waals surface area contributed by atoms with E-state index in [0.29, 0.717) is 29.4 Å². The largest absolute Gasteiger partial charge is 0.497 e. The minimum Gasteiger partial charge on any atom is -0.497 e. The number of ether oxygens (including phenoxy) is 2. The standard InChI is InChI=1S/C35H33FN2O4/c1-3-4-22-42-33-23-29(41-2)18-19-30(33)34-31(20-21-32(39)26-10-14-27(36)15-11-26)37-35(40)38(34)28-16-12-25(13-17-28)24-8-6-5-7-9-24/h5-21,23,31,34H,3-4,22H2,1-2H3,(H,37,40)/b21-20+/t31-,34-/m1/s1. The van der Waals surface area contributed by atoms with E-state index in [2.05, 4.69) is 12.2 Å². The Kier molecular flexibility index (Phi) is 8.97. The number of hydrogen-bond donors (Lipinski definition) is 1. The van der Waals surface area contributed by atoms with Crippen LogP contribution < -0.4 is 19.7 Å². The van der Waals surface area contributed by atoms with E-state index >= 15 is 0 Å². The molecule has 0 saturated carbocycles. The molecule has 2 amide bonds. The molecular formula is C35H33FN2O4. The first-order valence-electron chi connectivity index (χ1n) is 14.0. The monoisotopic (exact) mass is 564 g/mol. The second kappa shape index (κ2) is 13.2. The molecule has 5 rings (SSSR count). The van der Waals surface area contributed by atoms with E-state index < -0.39 is 17.9 Å². The van der Waals surface area contributed by atoms with Crippen molar-refractivity contribution in [2.45, 2.75) is 31.8 Å². The molecule has 214 valence electrons. The van der Waals surface area contributed by atoms with Crippen LogP contribution in [-0.2, 0) is 0 Å². The number of amides is 2. The van der Waals surface area contributed by atoms with Gasteiger partial charge in [0.25, 0.3) is 0 Å². The van der Waals surface area contributed by atoms with Gasteiger partial charge in [0.1, 0.15) is 17.3 Å². The molecule has 0 unspecified atom stereocenters. The molecular weight excluding hydrogens is 531 g/mol. The molecule has 1 aliphatic rings. The van der Waals surface area contributed by atoms with Crippen molar-refractivity contribution < 1.29 is 23.5 Å².